The molecule has 0 bridgehead atoms. The van der Waals surface area contributed by atoms with Crippen LogP contribution in [0.15, 0.2) is 48.5 Å². The van der Waals surface area contributed by atoms with Gasteiger partial charge < -0.3 is 20.5 Å². The molecule has 0 atom stereocenters. The average Bonchev–Trinajstić information content (AvgIpc) is 2.52. The zero-order valence-electron chi connectivity index (χ0n) is 14.3. The van der Waals surface area contributed by atoms with Gasteiger partial charge in [-0.25, -0.2) is 4.79 Å². The number of nitrogens with one attached hydrogen (secondary N) is 1. The highest BCUT2D eigenvalue weighted by atomic mass is 16.6. The lowest BCUT2D eigenvalue weighted by Gasteiger charge is -2.19. The van der Waals surface area contributed by atoms with E-state index in [9.17, 15) is 4.79 Å². The monoisotopic (exact) mass is 328 g/mol. The number of nitrogen functional groups attached to an aromatic ring is 1. The van der Waals surface area contributed by atoms with E-state index in [-0.39, 0.29) is 0 Å². The van der Waals surface area contributed by atoms with Crippen LogP contribution in [0.2, 0.25) is 0 Å². The van der Waals surface area contributed by atoms with Crippen molar-refractivity contribution in [2.45, 2.75) is 26.4 Å². The molecule has 2 aromatic rings. The second kappa shape index (κ2) is 7.73. The van der Waals surface area contributed by atoms with Crippen LogP contribution in [-0.2, 0) is 4.74 Å². The first-order valence-electron chi connectivity index (χ1n) is 7.90. The van der Waals surface area contributed by atoms with Crippen LogP contribution in [0.4, 0.5) is 10.5 Å². The highest BCUT2D eigenvalue weighted by Crippen LogP contribution is 2.31. The van der Waals surface area contributed by atoms with Crippen molar-refractivity contribution in [1.82, 2.24) is 5.32 Å². The van der Waals surface area contributed by atoms with Gasteiger partial charge in [-0.2, -0.15) is 0 Å². The highest BCUT2D eigenvalue weighted by Gasteiger charge is 2.15. The molecule has 0 heterocycles. The van der Waals surface area contributed by atoms with E-state index in [1.807, 2.05) is 63.2 Å². The minimum absolute atomic E-state index is 0.336. The average molecular weight is 328 g/mol. The molecule has 0 aromatic heterocycles. The van der Waals surface area contributed by atoms with Gasteiger partial charge in [-0.3, -0.25) is 0 Å². The lowest BCUT2D eigenvalue weighted by molar-refractivity contribution is 0.0520. The van der Waals surface area contributed by atoms with Crippen LogP contribution in [0.5, 0.6) is 5.75 Å². The molecule has 0 aliphatic heterocycles. The van der Waals surface area contributed by atoms with Crippen molar-refractivity contribution in [3.05, 3.63) is 48.5 Å². The zero-order chi connectivity index (χ0) is 17.6. The number of carbonyl (C=O) groups excluding carboxylic acids is 1. The van der Waals surface area contributed by atoms with Crippen LogP contribution >= 0.6 is 0 Å². The maximum atomic E-state index is 11.6. The minimum atomic E-state index is -0.512. The first kappa shape index (κ1) is 17.7. The van der Waals surface area contributed by atoms with Crippen molar-refractivity contribution >= 4 is 11.8 Å². The number of ether oxygens (including phenoxy) is 2. The van der Waals surface area contributed by atoms with Gasteiger partial charge in [0.25, 0.3) is 0 Å². The Morgan fingerprint density at radius 2 is 1.83 bits per heavy atom. The molecule has 0 saturated carbocycles. The van der Waals surface area contributed by atoms with Crippen LogP contribution in [0, 0.1) is 0 Å². The maximum absolute atomic E-state index is 11.6. The number of anilines is 1. The van der Waals surface area contributed by atoms with Gasteiger partial charge in [-0.1, -0.05) is 30.3 Å². The molecule has 0 fully saturated rings. The number of carbonyl (C=O) groups is 1. The van der Waals surface area contributed by atoms with Gasteiger partial charge in [0.15, 0.2) is 0 Å². The number of nitrogens with two attached hydrogens (primary N) is 1. The van der Waals surface area contributed by atoms with E-state index in [0.29, 0.717) is 18.8 Å². The molecule has 0 radical (unpaired) electrons. The van der Waals surface area contributed by atoms with Gasteiger partial charge >= 0.3 is 6.09 Å². The third-order valence-corrected chi connectivity index (χ3v) is 3.12. The Kier molecular flexibility index (Phi) is 5.68. The van der Waals surface area contributed by atoms with Crippen molar-refractivity contribution in [3.63, 3.8) is 0 Å². The Bertz CT molecular complexity index is 679. The largest absolute Gasteiger partial charge is 0.491 e. The Morgan fingerprint density at radius 1 is 1.12 bits per heavy atom. The number of hydrogen-bond donors (Lipinski definition) is 2. The smallest absolute Gasteiger partial charge is 0.407 e. The minimum Gasteiger partial charge on any atom is -0.491 e. The predicted molar refractivity (Wildman–Crippen MR) is 96.0 cm³/mol. The summed E-state index contributed by atoms with van der Waals surface area (Å²) in [7, 11) is 0. The summed E-state index contributed by atoms with van der Waals surface area (Å²) in [6.45, 7) is 6.16. The van der Waals surface area contributed by atoms with E-state index in [1.54, 1.807) is 6.07 Å². The first-order valence-corrected chi connectivity index (χ1v) is 7.90. The number of benzene rings is 2. The van der Waals surface area contributed by atoms with Gasteiger partial charge in [0.05, 0.1) is 6.54 Å². The van der Waals surface area contributed by atoms with E-state index in [4.69, 9.17) is 15.2 Å². The molecule has 0 aliphatic rings. The molecule has 1 amide bonds. The van der Waals surface area contributed by atoms with Crippen molar-refractivity contribution in [2.75, 3.05) is 18.9 Å². The number of rotatable bonds is 5. The van der Waals surface area contributed by atoms with E-state index in [0.717, 1.165) is 16.9 Å². The molecule has 0 saturated heterocycles. The molecule has 0 spiro atoms. The zero-order valence-corrected chi connectivity index (χ0v) is 14.3. The number of hydrogen-bond acceptors (Lipinski definition) is 4. The van der Waals surface area contributed by atoms with Crippen LogP contribution in [0.1, 0.15) is 20.8 Å². The molecular formula is C19H24N2O3. The fourth-order valence-corrected chi connectivity index (χ4v) is 2.15. The molecule has 2 rings (SSSR count). The van der Waals surface area contributed by atoms with Crippen molar-refractivity contribution in [2.24, 2.45) is 0 Å². The lowest BCUT2D eigenvalue weighted by atomic mass is 10.0. The third kappa shape index (κ3) is 5.50. The van der Waals surface area contributed by atoms with Crippen LogP contribution < -0.4 is 15.8 Å². The van der Waals surface area contributed by atoms with Gasteiger partial charge in [-0.15, -0.1) is 0 Å². The molecular weight excluding hydrogens is 304 g/mol. The highest BCUT2D eigenvalue weighted by molar-refractivity contribution is 5.73. The second-order valence-corrected chi connectivity index (χ2v) is 6.40. The molecule has 0 aliphatic carbocycles. The lowest BCUT2D eigenvalue weighted by Crippen LogP contribution is -2.34. The third-order valence-electron chi connectivity index (χ3n) is 3.12. The fourth-order valence-electron chi connectivity index (χ4n) is 2.15. The topological polar surface area (TPSA) is 73.6 Å². The standard InChI is InChI=1S/C19H24N2O3/c1-19(2,3)24-18(22)21-11-12-23-17-10-9-15(20)13-16(17)14-7-5-4-6-8-14/h4-10,13H,11-12,20H2,1-3H3,(H,21,22). The molecule has 5 nitrogen and oxygen atoms in total. The van der Waals surface area contributed by atoms with Crippen molar-refractivity contribution < 1.29 is 14.3 Å². The number of alkyl carbamates (subject to hydrolysis) is 1. The Hall–Kier alpha value is -2.69. The molecule has 128 valence electrons. The van der Waals surface area contributed by atoms with Crippen LogP contribution in [0.25, 0.3) is 11.1 Å². The van der Waals surface area contributed by atoms with E-state index < -0.39 is 11.7 Å². The van der Waals surface area contributed by atoms with E-state index in [1.165, 1.54) is 0 Å². The molecule has 2 aromatic carbocycles. The Morgan fingerprint density at radius 3 is 2.50 bits per heavy atom. The maximum Gasteiger partial charge on any atom is 0.407 e. The fraction of sp³-hybridized carbons (Fsp3) is 0.316. The van der Waals surface area contributed by atoms with Gasteiger partial charge in [0, 0.05) is 11.3 Å². The molecule has 0 unspecified atom stereocenters. The molecule has 3 N–H and O–H groups in total. The molecule has 24 heavy (non-hydrogen) atoms. The van der Waals surface area contributed by atoms with E-state index in [2.05, 4.69) is 5.32 Å². The SMILES string of the molecule is CC(C)(C)OC(=O)NCCOc1ccc(N)cc1-c1ccccc1. The number of amides is 1. The summed E-state index contributed by atoms with van der Waals surface area (Å²) in [6, 6.07) is 15.4. The van der Waals surface area contributed by atoms with Gasteiger partial charge in [0.2, 0.25) is 0 Å². The Labute approximate surface area is 142 Å². The van der Waals surface area contributed by atoms with Gasteiger partial charge in [0.1, 0.15) is 18.0 Å². The van der Waals surface area contributed by atoms with Crippen molar-refractivity contribution in [3.8, 4) is 16.9 Å². The van der Waals surface area contributed by atoms with Crippen molar-refractivity contribution in [1.29, 1.82) is 0 Å². The van der Waals surface area contributed by atoms with Gasteiger partial charge in [-0.05, 0) is 44.5 Å². The van der Waals surface area contributed by atoms with E-state index >= 15 is 0 Å². The summed E-state index contributed by atoms with van der Waals surface area (Å²) < 4.78 is 11.0. The van der Waals surface area contributed by atoms with Crippen LogP contribution in [0.3, 0.4) is 0 Å². The summed E-state index contributed by atoms with van der Waals surface area (Å²) in [5.74, 6) is 0.724. The van der Waals surface area contributed by atoms with Crippen LogP contribution in [-0.4, -0.2) is 24.8 Å². The summed E-state index contributed by atoms with van der Waals surface area (Å²) in [6.07, 6.45) is -0.452. The summed E-state index contributed by atoms with van der Waals surface area (Å²) >= 11 is 0. The first-order chi connectivity index (χ1) is 11.3. The summed E-state index contributed by atoms with van der Waals surface area (Å²) in [5.41, 5.74) is 8.00. The quantitative estimate of drug-likeness (QED) is 0.646. The second-order valence-electron chi connectivity index (χ2n) is 6.40. The molecule has 5 heteroatoms. The normalized spacial score (nSPS) is 11.0. The Balaban J connectivity index is 1.95. The predicted octanol–water partition coefficient (Wildman–Crippen LogP) is 3.84. The summed E-state index contributed by atoms with van der Waals surface area (Å²) in [5, 5.41) is 2.67. The summed E-state index contributed by atoms with van der Waals surface area (Å²) in [4.78, 5) is 11.6.